The maximum atomic E-state index is 13.3. The zero-order valence-electron chi connectivity index (χ0n) is 10.2. The first-order valence-corrected chi connectivity index (χ1v) is 6.66. The molecule has 6 heteroatoms. The smallest absolute Gasteiger partial charge is 0.234 e. The van der Waals surface area contributed by atoms with Crippen molar-refractivity contribution >= 4 is 23.4 Å². The van der Waals surface area contributed by atoms with E-state index in [1.165, 1.54) is 24.3 Å². The van der Waals surface area contributed by atoms with Crippen molar-refractivity contribution in [3.8, 4) is 0 Å². The summed E-state index contributed by atoms with van der Waals surface area (Å²) in [7, 11) is 0. The number of hydrogen-bond donors (Lipinski definition) is 1. The molecule has 0 unspecified atom stereocenters. The van der Waals surface area contributed by atoms with Gasteiger partial charge in [0, 0.05) is 10.6 Å². The highest BCUT2D eigenvalue weighted by Crippen LogP contribution is 2.22. The molecular weight excluding hydrogens is 287 g/mol. The Morgan fingerprint density at radius 3 is 2.35 bits per heavy atom. The Kier molecular flexibility index (Phi) is 4.68. The first-order valence-electron chi connectivity index (χ1n) is 5.68. The van der Waals surface area contributed by atoms with E-state index in [2.05, 4.69) is 5.32 Å². The molecule has 1 amide bonds. The molecule has 0 spiro atoms. The van der Waals surface area contributed by atoms with Crippen LogP contribution in [0.25, 0.3) is 0 Å². The van der Waals surface area contributed by atoms with Gasteiger partial charge in [-0.1, -0.05) is 0 Å². The van der Waals surface area contributed by atoms with Gasteiger partial charge in [-0.05, 0) is 42.5 Å². The van der Waals surface area contributed by atoms with Crippen LogP contribution in [0.3, 0.4) is 0 Å². The Hall–Kier alpha value is -1.95. The van der Waals surface area contributed by atoms with Crippen LogP contribution < -0.4 is 5.32 Å². The Balaban J connectivity index is 1.92. The quantitative estimate of drug-likeness (QED) is 0.869. The van der Waals surface area contributed by atoms with E-state index in [0.717, 1.165) is 30.0 Å². The molecule has 0 atom stereocenters. The highest BCUT2D eigenvalue weighted by atomic mass is 32.2. The van der Waals surface area contributed by atoms with Crippen LogP contribution in [-0.2, 0) is 4.79 Å². The molecule has 20 heavy (non-hydrogen) atoms. The van der Waals surface area contributed by atoms with Crippen LogP contribution in [0, 0.1) is 17.5 Å². The summed E-state index contributed by atoms with van der Waals surface area (Å²) in [6.45, 7) is 0. The lowest BCUT2D eigenvalue weighted by Gasteiger charge is -2.06. The summed E-state index contributed by atoms with van der Waals surface area (Å²) in [5.74, 6) is -2.00. The monoisotopic (exact) mass is 297 g/mol. The van der Waals surface area contributed by atoms with Crippen LogP contribution >= 0.6 is 11.8 Å². The summed E-state index contributed by atoms with van der Waals surface area (Å²) in [6.07, 6.45) is 0. The number of carbonyl (C=O) groups excluding carboxylic acids is 1. The maximum Gasteiger partial charge on any atom is 0.234 e. The number of anilines is 1. The van der Waals surface area contributed by atoms with Crippen molar-refractivity contribution in [2.24, 2.45) is 0 Å². The fourth-order valence-electron chi connectivity index (χ4n) is 1.46. The van der Waals surface area contributed by atoms with Gasteiger partial charge in [-0.2, -0.15) is 0 Å². The van der Waals surface area contributed by atoms with Crippen molar-refractivity contribution in [2.45, 2.75) is 4.90 Å². The van der Waals surface area contributed by atoms with Crippen LogP contribution in [-0.4, -0.2) is 11.7 Å². The summed E-state index contributed by atoms with van der Waals surface area (Å²) in [6, 6.07) is 8.32. The number of halogens is 3. The zero-order valence-corrected chi connectivity index (χ0v) is 11.0. The van der Waals surface area contributed by atoms with Gasteiger partial charge >= 0.3 is 0 Å². The molecule has 0 saturated carbocycles. The van der Waals surface area contributed by atoms with Gasteiger partial charge in [-0.3, -0.25) is 4.79 Å². The van der Waals surface area contributed by atoms with Crippen molar-refractivity contribution in [1.29, 1.82) is 0 Å². The topological polar surface area (TPSA) is 29.1 Å². The maximum absolute atomic E-state index is 13.3. The van der Waals surface area contributed by atoms with Gasteiger partial charge in [-0.15, -0.1) is 11.8 Å². The van der Waals surface area contributed by atoms with Gasteiger partial charge in [0.25, 0.3) is 0 Å². The Labute approximate surface area is 118 Å². The van der Waals surface area contributed by atoms with Gasteiger partial charge in [-0.25, -0.2) is 13.2 Å². The normalized spacial score (nSPS) is 10.3. The standard InChI is InChI=1S/C14H10F3NOS/c15-9-1-4-11(5-2-9)18-14(19)8-20-13-7-10(16)3-6-12(13)17/h1-7H,8H2,(H,18,19). The lowest BCUT2D eigenvalue weighted by atomic mass is 10.3. The summed E-state index contributed by atoms with van der Waals surface area (Å²) in [5, 5.41) is 2.53. The molecule has 1 N–H and O–H groups in total. The number of rotatable bonds is 4. The Morgan fingerprint density at radius 2 is 1.65 bits per heavy atom. The van der Waals surface area contributed by atoms with E-state index >= 15 is 0 Å². The molecular formula is C14H10F3NOS. The van der Waals surface area contributed by atoms with E-state index in [0.29, 0.717) is 5.69 Å². The molecule has 0 bridgehead atoms. The van der Waals surface area contributed by atoms with Gasteiger partial charge in [0.2, 0.25) is 5.91 Å². The third-order valence-corrected chi connectivity index (χ3v) is 3.41. The fourth-order valence-corrected chi connectivity index (χ4v) is 2.22. The molecule has 2 aromatic carbocycles. The molecule has 0 heterocycles. The summed E-state index contributed by atoms with van der Waals surface area (Å²) >= 11 is 0.891. The average molecular weight is 297 g/mol. The van der Waals surface area contributed by atoms with Gasteiger partial charge < -0.3 is 5.32 Å². The van der Waals surface area contributed by atoms with Crippen LogP contribution in [0.2, 0.25) is 0 Å². The van der Waals surface area contributed by atoms with Crippen LogP contribution in [0.15, 0.2) is 47.4 Å². The highest BCUT2D eigenvalue weighted by molar-refractivity contribution is 8.00. The first kappa shape index (κ1) is 14.5. The van der Waals surface area contributed by atoms with E-state index in [4.69, 9.17) is 0 Å². The molecule has 0 aromatic heterocycles. The second-order valence-corrected chi connectivity index (χ2v) is 4.94. The molecule has 0 saturated heterocycles. The van der Waals surface area contributed by atoms with Crippen molar-refractivity contribution in [1.82, 2.24) is 0 Å². The van der Waals surface area contributed by atoms with E-state index in [9.17, 15) is 18.0 Å². The van der Waals surface area contributed by atoms with E-state index < -0.39 is 17.5 Å². The third kappa shape index (κ3) is 4.03. The molecule has 0 aliphatic rings. The summed E-state index contributed by atoms with van der Waals surface area (Å²) < 4.78 is 39.0. The molecule has 0 fully saturated rings. The van der Waals surface area contributed by atoms with Crippen LogP contribution in [0.5, 0.6) is 0 Å². The number of amides is 1. The number of hydrogen-bond acceptors (Lipinski definition) is 2. The number of benzene rings is 2. The van der Waals surface area contributed by atoms with Crippen LogP contribution in [0.1, 0.15) is 0 Å². The Morgan fingerprint density at radius 1 is 1.00 bits per heavy atom. The molecule has 0 aliphatic heterocycles. The van der Waals surface area contributed by atoms with Gasteiger partial charge in [0.15, 0.2) is 0 Å². The van der Waals surface area contributed by atoms with Crippen molar-refractivity contribution in [3.63, 3.8) is 0 Å². The first-order chi connectivity index (χ1) is 9.54. The summed E-state index contributed by atoms with van der Waals surface area (Å²) in [4.78, 5) is 11.7. The third-order valence-electron chi connectivity index (χ3n) is 2.38. The molecule has 2 aromatic rings. The minimum atomic E-state index is -0.578. The minimum absolute atomic E-state index is 0.0688. The van der Waals surface area contributed by atoms with Crippen molar-refractivity contribution in [3.05, 3.63) is 59.9 Å². The molecule has 0 aliphatic carbocycles. The van der Waals surface area contributed by atoms with Crippen molar-refractivity contribution in [2.75, 3.05) is 11.1 Å². The molecule has 104 valence electrons. The largest absolute Gasteiger partial charge is 0.325 e. The predicted octanol–water partition coefficient (Wildman–Crippen LogP) is 3.83. The molecule has 2 nitrogen and oxygen atoms in total. The predicted molar refractivity (Wildman–Crippen MR) is 72.1 cm³/mol. The number of carbonyl (C=O) groups is 1. The molecule has 2 rings (SSSR count). The van der Waals surface area contributed by atoms with Gasteiger partial charge in [0.05, 0.1) is 5.75 Å². The Bertz CT molecular complexity index is 616. The molecule has 0 radical (unpaired) electrons. The number of nitrogens with one attached hydrogen (secondary N) is 1. The number of thioether (sulfide) groups is 1. The van der Waals surface area contributed by atoms with Crippen LogP contribution in [0.4, 0.5) is 18.9 Å². The van der Waals surface area contributed by atoms with Gasteiger partial charge in [0.1, 0.15) is 17.5 Å². The fraction of sp³-hybridized carbons (Fsp3) is 0.0714. The lowest BCUT2D eigenvalue weighted by Crippen LogP contribution is -2.14. The van der Waals surface area contributed by atoms with E-state index in [1.54, 1.807) is 0 Å². The second-order valence-electron chi connectivity index (χ2n) is 3.92. The highest BCUT2D eigenvalue weighted by Gasteiger charge is 2.08. The second kappa shape index (κ2) is 6.47. The summed E-state index contributed by atoms with van der Waals surface area (Å²) in [5.41, 5.74) is 0.441. The minimum Gasteiger partial charge on any atom is -0.325 e. The van der Waals surface area contributed by atoms with Crippen molar-refractivity contribution < 1.29 is 18.0 Å². The lowest BCUT2D eigenvalue weighted by molar-refractivity contribution is -0.113. The zero-order chi connectivity index (χ0) is 14.5. The SMILES string of the molecule is O=C(CSc1cc(F)ccc1F)Nc1ccc(F)cc1. The average Bonchev–Trinajstić information content (AvgIpc) is 2.42. The van der Waals surface area contributed by atoms with E-state index in [-0.39, 0.29) is 16.6 Å². The van der Waals surface area contributed by atoms with E-state index in [1.807, 2.05) is 0 Å².